The van der Waals surface area contributed by atoms with Crippen LogP contribution in [0.3, 0.4) is 0 Å². The van der Waals surface area contributed by atoms with E-state index in [9.17, 15) is 0 Å². The zero-order valence-corrected chi connectivity index (χ0v) is 30.9. The molecule has 0 unspecified atom stereocenters. The van der Waals surface area contributed by atoms with Crippen LogP contribution in [0.1, 0.15) is 0 Å². The summed E-state index contributed by atoms with van der Waals surface area (Å²) in [6, 6.07) is 72.9. The summed E-state index contributed by atoms with van der Waals surface area (Å²) < 4.78 is 2.40. The number of benzene rings is 9. The molecule has 0 fully saturated rings. The summed E-state index contributed by atoms with van der Waals surface area (Å²) in [5.41, 5.74) is 10.9. The van der Waals surface area contributed by atoms with Gasteiger partial charge >= 0.3 is 0 Å². The summed E-state index contributed by atoms with van der Waals surface area (Å²) in [6.07, 6.45) is 0. The maximum absolute atomic E-state index is 5.32. The minimum absolute atomic E-state index is 0.625. The average Bonchev–Trinajstić information content (AvgIpc) is 3.63. The lowest BCUT2D eigenvalue weighted by atomic mass is 9.95. The average molecular weight is 727 g/mol. The predicted molar refractivity (Wildman–Crippen MR) is 236 cm³/mol. The molecular formula is C53H34N4. The quantitative estimate of drug-likeness (QED) is 0.171. The molecule has 2 heterocycles. The van der Waals surface area contributed by atoms with Crippen LogP contribution in [0.15, 0.2) is 206 Å². The third-order valence-corrected chi connectivity index (χ3v) is 11.0. The Morgan fingerprint density at radius 1 is 0.281 bits per heavy atom. The van der Waals surface area contributed by atoms with Crippen molar-refractivity contribution in [2.45, 2.75) is 0 Å². The Kier molecular flexibility index (Phi) is 7.78. The van der Waals surface area contributed by atoms with E-state index in [2.05, 4.69) is 193 Å². The zero-order valence-electron chi connectivity index (χ0n) is 30.9. The molecule has 0 spiro atoms. The summed E-state index contributed by atoms with van der Waals surface area (Å²) >= 11 is 0. The Balaban J connectivity index is 1.16. The van der Waals surface area contributed by atoms with Gasteiger partial charge in [-0.2, -0.15) is 0 Å². The maximum Gasteiger partial charge on any atom is 0.164 e. The van der Waals surface area contributed by atoms with Crippen LogP contribution in [0.4, 0.5) is 0 Å². The second kappa shape index (κ2) is 13.6. The first kappa shape index (κ1) is 32.7. The van der Waals surface area contributed by atoms with Crippen LogP contribution in [0.5, 0.6) is 0 Å². The van der Waals surface area contributed by atoms with Gasteiger partial charge in [-0.15, -0.1) is 0 Å². The number of para-hydroxylation sites is 2. The second-order valence-electron chi connectivity index (χ2n) is 14.4. The molecule has 2 aromatic heterocycles. The van der Waals surface area contributed by atoms with Crippen LogP contribution in [0.2, 0.25) is 0 Å². The lowest BCUT2D eigenvalue weighted by molar-refractivity contribution is 1.08. The standard InChI is InChI=1S/C53H34N4/c1-4-15-35(16-5-1)38-27-28-40-32-41(30-29-39(40)31-38)52-54-51(37-19-8-3-9-20-37)55-53(56-52)47-34-42(36-17-6-2-7-18-36)33-46-43(47)23-14-26-50(46)57-48-24-12-10-21-44(48)45-22-11-13-25-49(45)57/h1-34H. The highest BCUT2D eigenvalue weighted by Crippen LogP contribution is 2.40. The molecule has 4 heteroatoms. The van der Waals surface area contributed by atoms with Crippen LogP contribution in [-0.2, 0) is 0 Å². The van der Waals surface area contributed by atoms with Crippen molar-refractivity contribution in [3.05, 3.63) is 206 Å². The molecule has 11 rings (SSSR count). The first-order valence-corrected chi connectivity index (χ1v) is 19.3. The zero-order chi connectivity index (χ0) is 37.7. The van der Waals surface area contributed by atoms with Crippen molar-refractivity contribution in [2.24, 2.45) is 0 Å². The largest absolute Gasteiger partial charge is 0.309 e. The van der Waals surface area contributed by atoms with E-state index in [0.717, 1.165) is 55.0 Å². The van der Waals surface area contributed by atoms with Gasteiger partial charge in [0, 0.05) is 32.8 Å². The molecule has 0 N–H and O–H groups in total. The number of rotatable bonds is 6. The topological polar surface area (TPSA) is 43.6 Å². The Morgan fingerprint density at radius 2 is 0.772 bits per heavy atom. The summed E-state index contributed by atoms with van der Waals surface area (Å²) in [5, 5.41) is 6.93. The smallest absolute Gasteiger partial charge is 0.164 e. The Hall–Kier alpha value is -7.69. The first-order valence-electron chi connectivity index (χ1n) is 19.3. The van der Waals surface area contributed by atoms with E-state index >= 15 is 0 Å². The van der Waals surface area contributed by atoms with Gasteiger partial charge in [-0.25, -0.2) is 15.0 Å². The molecule has 266 valence electrons. The van der Waals surface area contributed by atoms with Gasteiger partial charge in [0.05, 0.1) is 16.7 Å². The molecule has 0 radical (unpaired) electrons. The molecule has 0 aliphatic carbocycles. The van der Waals surface area contributed by atoms with E-state index in [1.807, 2.05) is 18.2 Å². The van der Waals surface area contributed by atoms with Gasteiger partial charge in [-0.1, -0.05) is 164 Å². The fourth-order valence-electron chi connectivity index (χ4n) is 8.27. The van der Waals surface area contributed by atoms with Crippen LogP contribution >= 0.6 is 0 Å². The Labute approximate surface area is 330 Å². The maximum atomic E-state index is 5.32. The van der Waals surface area contributed by atoms with Gasteiger partial charge in [-0.3, -0.25) is 0 Å². The van der Waals surface area contributed by atoms with Crippen molar-refractivity contribution in [3.8, 4) is 62.1 Å². The van der Waals surface area contributed by atoms with Crippen LogP contribution in [0.25, 0.3) is 105 Å². The highest BCUT2D eigenvalue weighted by Gasteiger charge is 2.20. The van der Waals surface area contributed by atoms with Gasteiger partial charge in [0.25, 0.3) is 0 Å². The fourth-order valence-corrected chi connectivity index (χ4v) is 8.27. The summed E-state index contributed by atoms with van der Waals surface area (Å²) in [6.45, 7) is 0. The van der Waals surface area contributed by atoms with Crippen molar-refractivity contribution in [1.82, 2.24) is 19.5 Å². The Morgan fingerprint density at radius 3 is 1.42 bits per heavy atom. The van der Waals surface area contributed by atoms with Crippen molar-refractivity contribution in [1.29, 1.82) is 0 Å². The van der Waals surface area contributed by atoms with E-state index in [4.69, 9.17) is 15.0 Å². The van der Waals surface area contributed by atoms with Crippen molar-refractivity contribution >= 4 is 43.4 Å². The van der Waals surface area contributed by atoms with E-state index in [1.54, 1.807) is 0 Å². The molecule has 9 aromatic carbocycles. The minimum Gasteiger partial charge on any atom is -0.309 e. The normalized spacial score (nSPS) is 11.5. The fraction of sp³-hybridized carbons (Fsp3) is 0. The number of hydrogen-bond donors (Lipinski definition) is 0. The predicted octanol–water partition coefficient (Wildman–Crippen LogP) is 13.6. The van der Waals surface area contributed by atoms with Gasteiger partial charge in [0.2, 0.25) is 0 Å². The Bertz CT molecular complexity index is 3230. The number of nitrogens with zero attached hydrogens (tertiary/aromatic N) is 4. The summed E-state index contributed by atoms with van der Waals surface area (Å²) in [7, 11) is 0. The lowest BCUT2D eigenvalue weighted by Crippen LogP contribution is -2.02. The van der Waals surface area contributed by atoms with Gasteiger partial charge in [0.15, 0.2) is 17.5 Å². The molecule has 0 saturated heterocycles. The highest BCUT2D eigenvalue weighted by atomic mass is 15.0. The van der Waals surface area contributed by atoms with Crippen molar-refractivity contribution in [3.63, 3.8) is 0 Å². The number of hydrogen-bond acceptors (Lipinski definition) is 3. The molecule has 4 nitrogen and oxygen atoms in total. The third kappa shape index (κ3) is 5.74. The molecule has 0 aliphatic rings. The number of fused-ring (bicyclic) bond motifs is 5. The molecule has 57 heavy (non-hydrogen) atoms. The van der Waals surface area contributed by atoms with E-state index in [-0.39, 0.29) is 0 Å². The van der Waals surface area contributed by atoms with Gasteiger partial charge < -0.3 is 4.57 Å². The summed E-state index contributed by atoms with van der Waals surface area (Å²) in [4.78, 5) is 15.7. The molecule has 0 aliphatic heterocycles. The van der Waals surface area contributed by atoms with Crippen LogP contribution in [-0.4, -0.2) is 19.5 Å². The molecular weight excluding hydrogens is 693 g/mol. The highest BCUT2D eigenvalue weighted by molar-refractivity contribution is 6.12. The first-order chi connectivity index (χ1) is 28.2. The van der Waals surface area contributed by atoms with E-state index in [1.165, 1.54) is 32.9 Å². The minimum atomic E-state index is 0.625. The third-order valence-electron chi connectivity index (χ3n) is 11.0. The monoisotopic (exact) mass is 726 g/mol. The molecule has 0 amide bonds. The van der Waals surface area contributed by atoms with Gasteiger partial charge in [-0.05, 0) is 80.9 Å². The molecule has 0 saturated carbocycles. The van der Waals surface area contributed by atoms with Crippen LogP contribution < -0.4 is 0 Å². The molecule has 0 bridgehead atoms. The number of aromatic nitrogens is 4. The van der Waals surface area contributed by atoms with Crippen molar-refractivity contribution < 1.29 is 0 Å². The summed E-state index contributed by atoms with van der Waals surface area (Å²) in [5.74, 6) is 1.89. The lowest BCUT2D eigenvalue weighted by Gasteiger charge is -2.16. The molecule has 11 aromatic rings. The van der Waals surface area contributed by atoms with E-state index in [0.29, 0.717) is 17.5 Å². The SMILES string of the molecule is c1ccc(-c2ccc3cc(-c4nc(-c5ccccc5)nc(-c5cc(-c6ccccc6)cc6c(-n7c8ccccc8c8ccccc87)cccc56)n4)ccc3c2)cc1. The van der Waals surface area contributed by atoms with E-state index < -0.39 is 0 Å². The van der Waals surface area contributed by atoms with Crippen molar-refractivity contribution in [2.75, 3.05) is 0 Å². The molecule has 0 atom stereocenters. The van der Waals surface area contributed by atoms with Crippen LogP contribution in [0, 0.1) is 0 Å². The van der Waals surface area contributed by atoms with Gasteiger partial charge in [0.1, 0.15) is 0 Å². The second-order valence-corrected chi connectivity index (χ2v) is 14.4.